The largest absolute Gasteiger partial charge is 0.339 e. The van der Waals surface area contributed by atoms with E-state index in [-0.39, 0.29) is 16.9 Å². The lowest BCUT2D eigenvalue weighted by atomic mass is 9.97. The number of nitrogens with zero attached hydrogens (tertiary/aromatic N) is 1. The molecule has 5 aromatic rings. The second-order valence-electron chi connectivity index (χ2n) is 8.33. The van der Waals surface area contributed by atoms with Gasteiger partial charge in [-0.25, -0.2) is 12.7 Å². The van der Waals surface area contributed by atoms with Crippen molar-refractivity contribution in [2.75, 3.05) is 10.6 Å². The Bertz CT molecular complexity index is 1680. The van der Waals surface area contributed by atoms with Gasteiger partial charge in [-0.05, 0) is 23.8 Å². The molecule has 0 saturated heterocycles. The molecule has 1 aromatic heterocycles. The average Bonchev–Trinajstić information content (AvgIpc) is 3.27. The van der Waals surface area contributed by atoms with Crippen molar-refractivity contribution in [3.05, 3.63) is 120 Å². The fourth-order valence-corrected chi connectivity index (χ4v) is 5.31. The number of rotatable bonds is 7. The summed E-state index contributed by atoms with van der Waals surface area (Å²) in [5.74, 6) is -1.02. The maximum absolute atomic E-state index is 13.4. The second kappa shape index (κ2) is 9.28. The maximum atomic E-state index is 13.4. The topological polar surface area (TPSA) is 87.3 Å². The predicted molar refractivity (Wildman–Crippen MR) is 142 cm³/mol. The summed E-state index contributed by atoms with van der Waals surface area (Å²) in [5.41, 5.74) is 2.68. The van der Waals surface area contributed by atoms with Crippen molar-refractivity contribution in [2.24, 2.45) is 0 Å². The van der Waals surface area contributed by atoms with Crippen molar-refractivity contribution in [3.8, 4) is 11.1 Å². The second-order valence-corrected chi connectivity index (χ2v) is 10.2. The number of anilines is 2. The zero-order chi connectivity index (χ0) is 25.3. The molecular formula is C29H22N2O4S. The maximum Gasteiger partial charge on any atom is 0.237 e. The Morgan fingerprint density at radius 3 is 1.89 bits per heavy atom. The van der Waals surface area contributed by atoms with Crippen molar-refractivity contribution in [1.29, 1.82) is 0 Å². The van der Waals surface area contributed by atoms with Crippen molar-refractivity contribution in [2.45, 2.75) is 0 Å². The molecule has 0 spiro atoms. The number of benzene rings is 4. The smallest absolute Gasteiger partial charge is 0.237 e. The lowest BCUT2D eigenvalue weighted by molar-refractivity contribution is 0.0818. The minimum Gasteiger partial charge on any atom is -0.339 e. The van der Waals surface area contributed by atoms with Gasteiger partial charge in [0.05, 0.1) is 23.0 Å². The quantitative estimate of drug-likeness (QED) is 0.222. The predicted octanol–water partition coefficient (Wildman–Crippen LogP) is 6.00. The van der Waals surface area contributed by atoms with Gasteiger partial charge in [-0.1, -0.05) is 91.0 Å². The number of aromatic nitrogens is 1. The Morgan fingerprint density at radius 2 is 1.28 bits per heavy atom. The molecular weight excluding hydrogens is 472 g/mol. The molecule has 0 amide bonds. The number of hydrogen-bond donors (Lipinski definition) is 1. The van der Waals surface area contributed by atoms with E-state index in [1.807, 2.05) is 36.4 Å². The number of nitrogens with one attached hydrogen (secondary N) is 1. The third-order valence-corrected chi connectivity index (χ3v) is 6.95. The molecule has 7 heteroatoms. The first-order valence-electron chi connectivity index (χ1n) is 11.3. The van der Waals surface area contributed by atoms with Gasteiger partial charge in [-0.3, -0.25) is 9.59 Å². The number of carbonyl (C=O) groups excluding carboxylic acids is 2. The molecule has 4 aromatic carbocycles. The Hall–Kier alpha value is -4.49. The molecule has 1 heterocycles. The number of carbonyl (C=O) groups is 2. The highest BCUT2D eigenvalue weighted by atomic mass is 32.2. The van der Waals surface area contributed by atoms with Gasteiger partial charge < -0.3 is 4.98 Å². The highest BCUT2D eigenvalue weighted by Crippen LogP contribution is 2.42. The van der Waals surface area contributed by atoms with Gasteiger partial charge in [0.1, 0.15) is 5.82 Å². The summed E-state index contributed by atoms with van der Waals surface area (Å²) in [6.07, 6.45) is 1.13. The number of aromatic amines is 1. The van der Waals surface area contributed by atoms with Crippen molar-refractivity contribution in [1.82, 2.24) is 4.98 Å². The number of sulfonamides is 1. The van der Waals surface area contributed by atoms with Crippen LogP contribution in [0.15, 0.2) is 109 Å². The summed E-state index contributed by atoms with van der Waals surface area (Å²) in [6, 6.07) is 31.5. The Balaban J connectivity index is 1.79. The minimum atomic E-state index is -3.79. The number of ketones is 2. The lowest BCUT2D eigenvalue weighted by Gasteiger charge is -2.22. The van der Waals surface area contributed by atoms with Crippen LogP contribution in [0.25, 0.3) is 22.0 Å². The van der Waals surface area contributed by atoms with E-state index in [0.29, 0.717) is 22.2 Å². The van der Waals surface area contributed by atoms with Gasteiger partial charge in [0.2, 0.25) is 21.6 Å². The first kappa shape index (κ1) is 23.3. The average molecular weight is 495 g/mol. The van der Waals surface area contributed by atoms with Crippen molar-refractivity contribution >= 4 is 44.0 Å². The third-order valence-electron chi connectivity index (χ3n) is 5.89. The summed E-state index contributed by atoms with van der Waals surface area (Å²) < 4.78 is 27.4. The van der Waals surface area contributed by atoms with Gasteiger partial charge in [0, 0.05) is 16.5 Å². The van der Waals surface area contributed by atoms with Crippen LogP contribution in [-0.2, 0) is 10.0 Å². The van der Waals surface area contributed by atoms with Gasteiger partial charge in [-0.15, -0.1) is 0 Å². The summed E-state index contributed by atoms with van der Waals surface area (Å²) in [6.45, 7) is 0. The van der Waals surface area contributed by atoms with E-state index >= 15 is 0 Å². The van der Waals surface area contributed by atoms with Crippen LogP contribution in [0.5, 0.6) is 0 Å². The minimum absolute atomic E-state index is 0.172. The van der Waals surface area contributed by atoms with Crippen LogP contribution in [0.1, 0.15) is 20.7 Å². The van der Waals surface area contributed by atoms with Crippen LogP contribution in [0.3, 0.4) is 0 Å². The van der Waals surface area contributed by atoms with Gasteiger partial charge >= 0.3 is 0 Å². The molecule has 0 fully saturated rings. The molecule has 36 heavy (non-hydrogen) atoms. The van der Waals surface area contributed by atoms with Crippen molar-refractivity contribution in [3.63, 3.8) is 0 Å². The number of H-pyrrole nitrogens is 1. The fourth-order valence-electron chi connectivity index (χ4n) is 4.34. The van der Waals surface area contributed by atoms with E-state index in [1.54, 1.807) is 72.8 Å². The lowest BCUT2D eigenvalue weighted by Crippen LogP contribution is -2.25. The molecule has 0 bridgehead atoms. The zero-order valence-electron chi connectivity index (χ0n) is 19.4. The Kier molecular flexibility index (Phi) is 6.00. The van der Waals surface area contributed by atoms with Crippen LogP contribution in [0.2, 0.25) is 0 Å². The summed E-state index contributed by atoms with van der Waals surface area (Å²) in [7, 11) is -3.79. The molecule has 1 N–H and O–H groups in total. The van der Waals surface area contributed by atoms with E-state index in [9.17, 15) is 18.0 Å². The van der Waals surface area contributed by atoms with E-state index in [4.69, 9.17) is 0 Å². The molecule has 0 aliphatic carbocycles. The Morgan fingerprint density at radius 1 is 0.694 bits per heavy atom. The number of fused-ring (bicyclic) bond motifs is 1. The van der Waals surface area contributed by atoms with Gasteiger partial charge in [0.15, 0.2) is 0 Å². The van der Waals surface area contributed by atoms with Crippen molar-refractivity contribution < 1.29 is 18.0 Å². The summed E-state index contributed by atoms with van der Waals surface area (Å²) in [5, 5.41) is 0.632. The fraction of sp³-hybridized carbons (Fsp3) is 0.0345. The summed E-state index contributed by atoms with van der Waals surface area (Å²) >= 11 is 0. The highest BCUT2D eigenvalue weighted by Gasteiger charge is 2.29. The SMILES string of the molecule is CS(=O)(=O)N(c1ccccc1)c1[nH]c2c(C(=O)C(=O)c3ccccc3)cccc2c1-c1ccccc1. The molecule has 178 valence electrons. The molecule has 0 aliphatic rings. The summed E-state index contributed by atoms with van der Waals surface area (Å²) in [4.78, 5) is 29.5. The monoisotopic (exact) mass is 494 g/mol. The molecule has 0 radical (unpaired) electrons. The van der Waals surface area contributed by atoms with E-state index in [2.05, 4.69) is 4.98 Å². The normalized spacial score (nSPS) is 11.4. The van der Waals surface area contributed by atoms with Crippen LogP contribution in [0.4, 0.5) is 11.5 Å². The third kappa shape index (κ3) is 4.21. The number of para-hydroxylation sites is 2. The van der Waals surface area contributed by atoms with Gasteiger partial charge in [0.25, 0.3) is 0 Å². The number of hydrogen-bond acceptors (Lipinski definition) is 4. The van der Waals surface area contributed by atoms with Gasteiger partial charge in [-0.2, -0.15) is 0 Å². The first-order valence-corrected chi connectivity index (χ1v) is 13.1. The zero-order valence-corrected chi connectivity index (χ0v) is 20.2. The molecule has 0 aliphatic heterocycles. The molecule has 5 rings (SSSR count). The molecule has 0 saturated carbocycles. The molecule has 0 unspecified atom stereocenters. The van der Waals surface area contributed by atoms with Crippen LogP contribution >= 0.6 is 0 Å². The van der Waals surface area contributed by atoms with E-state index in [1.165, 1.54) is 4.31 Å². The van der Waals surface area contributed by atoms with Crippen LogP contribution in [-0.4, -0.2) is 31.2 Å². The highest BCUT2D eigenvalue weighted by molar-refractivity contribution is 7.92. The number of Topliss-reactive ketones (excluding diaryl/α,β-unsaturated/α-hetero) is 2. The Labute approximate surface area is 208 Å². The van der Waals surface area contributed by atoms with Crippen LogP contribution < -0.4 is 4.31 Å². The van der Waals surface area contributed by atoms with E-state index in [0.717, 1.165) is 11.8 Å². The standard InChI is InChI=1S/C29H22N2O4S/c1-36(34,35)31(22-16-9-4-10-17-22)29-25(20-12-5-2-6-13-20)23-18-11-19-24(26(23)30-29)28(33)27(32)21-14-7-3-8-15-21/h2-19,30H,1H3. The molecule has 0 atom stereocenters. The molecule has 6 nitrogen and oxygen atoms in total. The van der Waals surface area contributed by atoms with Crippen LogP contribution in [0, 0.1) is 0 Å². The first-order chi connectivity index (χ1) is 17.4. The van der Waals surface area contributed by atoms with E-state index < -0.39 is 21.6 Å².